The number of H-pyrrole nitrogens is 1. The average Bonchev–Trinajstić information content (AvgIpc) is 2.66. The number of aryl methyl sites for hydroxylation is 4. The summed E-state index contributed by atoms with van der Waals surface area (Å²) in [5.74, 6) is 0. The number of fused-ring (bicyclic) bond motifs is 1. The number of halogens is 2. The molecule has 0 spiro atoms. The van der Waals surface area contributed by atoms with Crippen molar-refractivity contribution in [2.45, 2.75) is 33.6 Å². The van der Waals surface area contributed by atoms with Crippen molar-refractivity contribution in [2.24, 2.45) is 0 Å². The van der Waals surface area contributed by atoms with E-state index in [1.807, 2.05) is 0 Å². The van der Waals surface area contributed by atoms with Crippen LogP contribution < -0.4 is 24.8 Å². The second kappa shape index (κ2) is 8.93. The van der Waals surface area contributed by atoms with E-state index in [4.69, 9.17) is 0 Å². The number of nitrogens with one attached hydrogen (secondary N) is 1. The van der Waals surface area contributed by atoms with Gasteiger partial charge in [-0.2, -0.15) is 28.3 Å². The third-order valence-corrected chi connectivity index (χ3v) is 3.23. The smallest absolute Gasteiger partial charge is 1.00 e. The van der Waals surface area contributed by atoms with E-state index in [2.05, 4.69) is 50.2 Å². The van der Waals surface area contributed by atoms with Crippen molar-refractivity contribution >= 4 is 0 Å². The minimum absolute atomic E-state index is 0. The van der Waals surface area contributed by atoms with Crippen molar-refractivity contribution < 1.29 is 46.5 Å². The molecule has 0 amide bonds. The molecule has 1 aromatic carbocycles. The Morgan fingerprint density at radius 3 is 2.06 bits per heavy atom. The van der Waals surface area contributed by atoms with Crippen molar-refractivity contribution in [3.8, 4) is 0 Å². The second-order valence-corrected chi connectivity index (χ2v) is 4.20. The summed E-state index contributed by atoms with van der Waals surface area (Å²) in [4.78, 5) is 3.01. The molecular formula is C14H17Cl2NTi. The predicted molar refractivity (Wildman–Crippen MR) is 63.3 cm³/mol. The van der Waals surface area contributed by atoms with E-state index in [-0.39, 0.29) is 46.5 Å². The van der Waals surface area contributed by atoms with Crippen LogP contribution in [0.25, 0.3) is 0 Å². The molecule has 0 bridgehead atoms. The van der Waals surface area contributed by atoms with Crippen molar-refractivity contribution in [3.05, 3.63) is 52.3 Å². The largest absolute Gasteiger partial charge is 4.00 e. The molecule has 1 aliphatic rings. The fraction of sp³-hybridized carbons (Fsp3) is 0.357. The van der Waals surface area contributed by atoms with Crippen LogP contribution in [0.2, 0.25) is 0 Å². The van der Waals surface area contributed by atoms with Crippen LogP contribution in [0, 0.1) is 27.0 Å². The Balaban J connectivity index is 0. The first kappa shape index (κ1) is 20.2. The molecular weight excluding hydrogens is 301 g/mol. The first-order chi connectivity index (χ1) is 7.18. The van der Waals surface area contributed by atoms with Crippen LogP contribution >= 0.6 is 0 Å². The number of hydrogen-bond acceptors (Lipinski definition) is 0. The number of rotatable bonds is 0. The van der Waals surface area contributed by atoms with Gasteiger partial charge in [-0.1, -0.05) is 33.6 Å². The maximum Gasteiger partial charge on any atom is 4.00 e. The zero-order chi connectivity index (χ0) is 10.8. The SMILES string of the molecule is Cc1[c-][nH]c(C)c1C.[Cl-].[Cl-].[Ti+4].c1cc2[c-](c1)CC2. The molecule has 1 N–H and O–H groups in total. The standard InChI is InChI=1S/C7H10N.C7H7.2ClH.Ti/c1-5-4-8-7(3)6(5)2;1-2-6-4-5-7(6)3-1;;;/h8H,1-3H3;1-3H,4-5H2;2*1H;/q2*-1;;;+4/p-2. The summed E-state index contributed by atoms with van der Waals surface area (Å²) in [6, 6.07) is 6.55. The summed E-state index contributed by atoms with van der Waals surface area (Å²) in [6.07, 6.45) is 5.66. The van der Waals surface area contributed by atoms with E-state index >= 15 is 0 Å². The van der Waals surface area contributed by atoms with Crippen LogP contribution in [0.15, 0.2) is 18.2 Å². The molecule has 0 aliphatic heterocycles. The van der Waals surface area contributed by atoms with Crippen molar-refractivity contribution in [3.63, 3.8) is 0 Å². The first-order valence-electron chi connectivity index (χ1n) is 5.45. The molecule has 1 aliphatic carbocycles. The molecule has 2 aromatic rings. The van der Waals surface area contributed by atoms with Gasteiger partial charge in [0.25, 0.3) is 0 Å². The van der Waals surface area contributed by atoms with E-state index in [0.29, 0.717) is 0 Å². The van der Waals surface area contributed by atoms with Crippen LogP contribution in [0.1, 0.15) is 27.9 Å². The van der Waals surface area contributed by atoms with Crippen molar-refractivity contribution in [2.75, 3.05) is 0 Å². The first-order valence-corrected chi connectivity index (χ1v) is 5.45. The zero-order valence-corrected chi connectivity index (χ0v) is 14.0. The van der Waals surface area contributed by atoms with E-state index in [1.54, 1.807) is 11.1 Å². The number of hydrogen-bond donors (Lipinski definition) is 1. The molecule has 3 rings (SSSR count). The summed E-state index contributed by atoms with van der Waals surface area (Å²) in [5.41, 5.74) is 6.91. The van der Waals surface area contributed by atoms with Gasteiger partial charge in [0.1, 0.15) is 0 Å². The van der Waals surface area contributed by atoms with Gasteiger partial charge in [-0.25, -0.2) is 12.1 Å². The molecule has 0 saturated heterocycles. The summed E-state index contributed by atoms with van der Waals surface area (Å²) in [6.45, 7) is 6.20. The predicted octanol–water partition coefficient (Wildman–Crippen LogP) is -2.75. The normalized spacial score (nSPS) is 10.4. The molecule has 4 heteroatoms. The fourth-order valence-corrected chi connectivity index (χ4v) is 1.73. The molecule has 1 aromatic heterocycles. The Kier molecular flexibility index (Phi) is 10.0. The molecule has 1 heterocycles. The Morgan fingerprint density at radius 2 is 1.89 bits per heavy atom. The van der Waals surface area contributed by atoms with Gasteiger partial charge >= 0.3 is 21.7 Å². The maximum atomic E-state index is 3.01. The van der Waals surface area contributed by atoms with E-state index in [9.17, 15) is 0 Å². The summed E-state index contributed by atoms with van der Waals surface area (Å²) >= 11 is 0. The maximum absolute atomic E-state index is 3.01. The summed E-state index contributed by atoms with van der Waals surface area (Å²) in [7, 11) is 0. The molecule has 0 fully saturated rings. The summed E-state index contributed by atoms with van der Waals surface area (Å²) in [5, 5.41) is 0. The van der Waals surface area contributed by atoms with Gasteiger partial charge < -0.3 is 29.8 Å². The van der Waals surface area contributed by atoms with Crippen molar-refractivity contribution in [1.29, 1.82) is 0 Å². The molecule has 0 atom stereocenters. The van der Waals surface area contributed by atoms with Crippen molar-refractivity contribution in [1.82, 2.24) is 4.98 Å². The van der Waals surface area contributed by atoms with Crippen LogP contribution in [-0.2, 0) is 34.6 Å². The Labute approximate surface area is 137 Å². The topological polar surface area (TPSA) is 15.8 Å². The van der Waals surface area contributed by atoms with E-state index in [1.165, 1.54) is 29.7 Å². The van der Waals surface area contributed by atoms with Crippen LogP contribution in [0.5, 0.6) is 0 Å². The van der Waals surface area contributed by atoms with E-state index < -0.39 is 0 Å². The Hall–Kier alpha value is -0.0757. The van der Waals surface area contributed by atoms with Gasteiger partial charge in [0.2, 0.25) is 0 Å². The van der Waals surface area contributed by atoms with Crippen LogP contribution in [0.4, 0.5) is 0 Å². The van der Waals surface area contributed by atoms with Gasteiger partial charge in [-0.3, -0.25) is 0 Å². The quantitative estimate of drug-likeness (QED) is 0.401. The molecule has 96 valence electrons. The monoisotopic (exact) mass is 317 g/mol. The molecule has 0 unspecified atom stereocenters. The van der Waals surface area contributed by atoms with Gasteiger partial charge in [-0.05, 0) is 0 Å². The minimum Gasteiger partial charge on any atom is -1.00 e. The van der Waals surface area contributed by atoms with E-state index in [0.717, 1.165) is 0 Å². The summed E-state index contributed by atoms with van der Waals surface area (Å²) < 4.78 is 0. The number of aromatic amines is 1. The van der Waals surface area contributed by atoms with Crippen LogP contribution in [-0.4, -0.2) is 4.98 Å². The molecule has 0 radical (unpaired) electrons. The fourth-order valence-electron chi connectivity index (χ4n) is 1.73. The van der Waals surface area contributed by atoms with Crippen LogP contribution in [0.3, 0.4) is 0 Å². The van der Waals surface area contributed by atoms with Gasteiger partial charge in [0, 0.05) is 0 Å². The third kappa shape index (κ3) is 4.55. The number of aromatic nitrogens is 1. The molecule has 0 saturated carbocycles. The van der Waals surface area contributed by atoms with Gasteiger partial charge in [0.15, 0.2) is 0 Å². The molecule has 1 nitrogen and oxygen atoms in total. The minimum atomic E-state index is 0. The molecule has 18 heavy (non-hydrogen) atoms. The second-order valence-electron chi connectivity index (χ2n) is 4.20. The van der Waals surface area contributed by atoms with Gasteiger partial charge in [-0.15, -0.1) is 11.9 Å². The Morgan fingerprint density at radius 1 is 1.22 bits per heavy atom. The van der Waals surface area contributed by atoms with Gasteiger partial charge in [0.05, 0.1) is 0 Å². The Bertz CT molecular complexity index is 422. The zero-order valence-electron chi connectivity index (χ0n) is 10.9. The average molecular weight is 318 g/mol. The third-order valence-electron chi connectivity index (χ3n) is 3.23.